The lowest BCUT2D eigenvalue weighted by Crippen LogP contribution is -2.23. The van der Waals surface area contributed by atoms with E-state index >= 15 is 0 Å². The SMILES string of the molecule is O=C1OCCN1Cc1ccc(-c2ccccc2)cn1. The second kappa shape index (κ2) is 5.10. The van der Waals surface area contributed by atoms with Crippen molar-refractivity contribution in [2.45, 2.75) is 6.54 Å². The molecular weight excluding hydrogens is 240 g/mol. The van der Waals surface area contributed by atoms with Gasteiger partial charge in [0.2, 0.25) is 0 Å². The van der Waals surface area contributed by atoms with Crippen LogP contribution in [-0.4, -0.2) is 29.1 Å². The van der Waals surface area contributed by atoms with Gasteiger partial charge >= 0.3 is 6.09 Å². The second-order valence-electron chi connectivity index (χ2n) is 4.44. The lowest BCUT2D eigenvalue weighted by atomic mass is 10.1. The first-order chi connectivity index (χ1) is 9.33. The first kappa shape index (κ1) is 11.7. The fraction of sp³-hybridized carbons (Fsp3) is 0.200. The molecule has 3 rings (SSSR count). The predicted octanol–water partition coefficient (Wildman–Crippen LogP) is 2.70. The van der Waals surface area contributed by atoms with Crippen molar-refractivity contribution in [2.24, 2.45) is 0 Å². The van der Waals surface area contributed by atoms with Crippen molar-refractivity contribution in [3.8, 4) is 11.1 Å². The summed E-state index contributed by atoms with van der Waals surface area (Å²) < 4.78 is 4.89. The summed E-state index contributed by atoms with van der Waals surface area (Å²) in [5, 5.41) is 0. The minimum atomic E-state index is -0.256. The molecule has 1 aliphatic heterocycles. The van der Waals surface area contributed by atoms with Crippen LogP contribution in [0.15, 0.2) is 48.7 Å². The number of rotatable bonds is 3. The number of pyridine rings is 1. The summed E-state index contributed by atoms with van der Waals surface area (Å²) in [6, 6.07) is 14.1. The van der Waals surface area contributed by atoms with E-state index in [1.807, 2.05) is 36.5 Å². The van der Waals surface area contributed by atoms with E-state index in [1.54, 1.807) is 4.90 Å². The minimum Gasteiger partial charge on any atom is -0.448 e. The molecule has 0 N–H and O–H groups in total. The monoisotopic (exact) mass is 254 g/mol. The molecule has 0 aliphatic carbocycles. The molecule has 0 saturated carbocycles. The van der Waals surface area contributed by atoms with Crippen LogP contribution in [0.4, 0.5) is 4.79 Å². The van der Waals surface area contributed by atoms with Crippen molar-refractivity contribution in [1.29, 1.82) is 0 Å². The van der Waals surface area contributed by atoms with Gasteiger partial charge in [-0.25, -0.2) is 4.79 Å². The van der Waals surface area contributed by atoms with Gasteiger partial charge in [-0.3, -0.25) is 9.88 Å². The van der Waals surface area contributed by atoms with Gasteiger partial charge in [-0.05, 0) is 11.6 Å². The van der Waals surface area contributed by atoms with Crippen molar-refractivity contribution >= 4 is 6.09 Å². The summed E-state index contributed by atoms with van der Waals surface area (Å²) in [5.41, 5.74) is 3.09. The van der Waals surface area contributed by atoms with E-state index in [1.165, 1.54) is 0 Å². The third-order valence-corrected chi connectivity index (χ3v) is 3.13. The molecule has 1 aromatic carbocycles. The van der Waals surface area contributed by atoms with Gasteiger partial charge in [-0.1, -0.05) is 36.4 Å². The molecule has 1 fully saturated rings. The molecule has 2 heterocycles. The van der Waals surface area contributed by atoms with Crippen molar-refractivity contribution in [3.63, 3.8) is 0 Å². The number of hydrogen-bond donors (Lipinski definition) is 0. The molecule has 0 unspecified atom stereocenters. The Morgan fingerprint density at radius 1 is 1.11 bits per heavy atom. The zero-order valence-electron chi connectivity index (χ0n) is 10.5. The Balaban J connectivity index is 1.74. The lowest BCUT2D eigenvalue weighted by molar-refractivity contribution is 0.157. The number of aromatic nitrogens is 1. The Bertz CT molecular complexity index is 566. The van der Waals surface area contributed by atoms with Crippen LogP contribution in [-0.2, 0) is 11.3 Å². The van der Waals surface area contributed by atoms with E-state index in [-0.39, 0.29) is 6.09 Å². The van der Waals surface area contributed by atoms with Crippen LogP contribution in [0.2, 0.25) is 0 Å². The molecule has 1 aliphatic rings. The number of nitrogens with zero attached hydrogens (tertiary/aromatic N) is 2. The van der Waals surface area contributed by atoms with Gasteiger partial charge in [0.1, 0.15) is 6.61 Å². The molecular formula is C15H14N2O2. The van der Waals surface area contributed by atoms with Crippen LogP contribution in [0.3, 0.4) is 0 Å². The minimum absolute atomic E-state index is 0.256. The summed E-state index contributed by atoms with van der Waals surface area (Å²) in [5.74, 6) is 0. The number of carbonyl (C=O) groups is 1. The first-order valence-electron chi connectivity index (χ1n) is 6.25. The molecule has 0 atom stereocenters. The average Bonchev–Trinajstić information content (AvgIpc) is 2.86. The lowest BCUT2D eigenvalue weighted by Gasteiger charge is -2.11. The second-order valence-corrected chi connectivity index (χ2v) is 4.44. The molecule has 0 radical (unpaired) electrons. The topological polar surface area (TPSA) is 42.4 Å². The Kier molecular flexibility index (Phi) is 3.14. The number of benzene rings is 1. The third-order valence-electron chi connectivity index (χ3n) is 3.13. The van der Waals surface area contributed by atoms with Crippen LogP contribution in [0.25, 0.3) is 11.1 Å². The van der Waals surface area contributed by atoms with Gasteiger partial charge in [0.15, 0.2) is 0 Å². The molecule has 2 aromatic rings. The quantitative estimate of drug-likeness (QED) is 0.845. The summed E-state index contributed by atoms with van der Waals surface area (Å²) in [4.78, 5) is 17.4. The zero-order valence-corrected chi connectivity index (χ0v) is 10.5. The standard InChI is InChI=1S/C15H14N2O2/c18-15-17(8-9-19-15)11-14-7-6-13(10-16-14)12-4-2-1-3-5-12/h1-7,10H,8-9,11H2. The smallest absolute Gasteiger partial charge is 0.410 e. The normalized spacial score (nSPS) is 14.5. The van der Waals surface area contributed by atoms with Gasteiger partial charge in [0, 0.05) is 11.8 Å². The Morgan fingerprint density at radius 2 is 1.95 bits per heavy atom. The maximum Gasteiger partial charge on any atom is 0.410 e. The zero-order chi connectivity index (χ0) is 13.1. The number of hydrogen-bond acceptors (Lipinski definition) is 3. The van der Waals surface area contributed by atoms with Crippen molar-refractivity contribution < 1.29 is 9.53 Å². The first-order valence-corrected chi connectivity index (χ1v) is 6.25. The fourth-order valence-electron chi connectivity index (χ4n) is 2.08. The van der Waals surface area contributed by atoms with E-state index in [0.29, 0.717) is 19.7 Å². The molecule has 96 valence electrons. The average molecular weight is 254 g/mol. The highest BCUT2D eigenvalue weighted by atomic mass is 16.6. The third kappa shape index (κ3) is 2.57. The van der Waals surface area contributed by atoms with Gasteiger partial charge in [0.25, 0.3) is 0 Å². The molecule has 1 amide bonds. The number of amides is 1. The molecule has 4 heteroatoms. The molecule has 1 saturated heterocycles. The van der Waals surface area contributed by atoms with E-state index in [0.717, 1.165) is 16.8 Å². The largest absolute Gasteiger partial charge is 0.448 e. The maximum absolute atomic E-state index is 11.3. The summed E-state index contributed by atoms with van der Waals surface area (Å²) in [6.07, 6.45) is 1.58. The molecule has 0 bridgehead atoms. The van der Waals surface area contributed by atoms with Crippen molar-refractivity contribution in [2.75, 3.05) is 13.2 Å². The summed E-state index contributed by atoms with van der Waals surface area (Å²) >= 11 is 0. The molecule has 1 aromatic heterocycles. The summed E-state index contributed by atoms with van der Waals surface area (Å²) in [6.45, 7) is 1.62. The Hall–Kier alpha value is -2.36. The van der Waals surface area contributed by atoms with Crippen LogP contribution < -0.4 is 0 Å². The van der Waals surface area contributed by atoms with Crippen molar-refractivity contribution in [1.82, 2.24) is 9.88 Å². The highest BCUT2D eigenvalue weighted by Crippen LogP contribution is 2.18. The molecule has 19 heavy (non-hydrogen) atoms. The molecule has 0 spiro atoms. The molecule has 4 nitrogen and oxygen atoms in total. The number of carbonyl (C=O) groups excluding carboxylic acids is 1. The van der Waals surface area contributed by atoms with Gasteiger partial charge < -0.3 is 4.74 Å². The Labute approximate surface area is 111 Å². The predicted molar refractivity (Wildman–Crippen MR) is 71.4 cm³/mol. The summed E-state index contributed by atoms with van der Waals surface area (Å²) in [7, 11) is 0. The van der Waals surface area contributed by atoms with Crippen LogP contribution in [0.1, 0.15) is 5.69 Å². The van der Waals surface area contributed by atoms with Crippen LogP contribution >= 0.6 is 0 Å². The van der Waals surface area contributed by atoms with Crippen molar-refractivity contribution in [3.05, 3.63) is 54.4 Å². The van der Waals surface area contributed by atoms with Gasteiger partial charge in [0.05, 0.1) is 18.8 Å². The maximum atomic E-state index is 11.3. The fourth-order valence-corrected chi connectivity index (χ4v) is 2.08. The van der Waals surface area contributed by atoms with E-state index < -0.39 is 0 Å². The van der Waals surface area contributed by atoms with Crippen LogP contribution in [0.5, 0.6) is 0 Å². The van der Waals surface area contributed by atoms with Gasteiger partial charge in [-0.15, -0.1) is 0 Å². The van der Waals surface area contributed by atoms with E-state index in [2.05, 4.69) is 17.1 Å². The highest BCUT2D eigenvalue weighted by molar-refractivity contribution is 5.69. The number of ether oxygens (including phenoxy) is 1. The van der Waals surface area contributed by atoms with E-state index in [4.69, 9.17) is 4.74 Å². The van der Waals surface area contributed by atoms with Gasteiger partial charge in [-0.2, -0.15) is 0 Å². The van der Waals surface area contributed by atoms with Crippen LogP contribution in [0, 0.1) is 0 Å². The van der Waals surface area contributed by atoms with E-state index in [9.17, 15) is 4.79 Å². The number of cyclic esters (lactones) is 1. The highest BCUT2D eigenvalue weighted by Gasteiger charge is 2.22. The Morgan fingerprint density at radius 3 is 2.58 bits per heavy atom.